The molecule has 1 aliphatic carbocycles. The predicted molar refractivity (Wildman–Crippen MR) is 84.6 cm³/mol. The summed E-state index contributed by atoms with van der Waals surface area (Å²) >= 11 is 0. The maximum Gasteiger partial charge on any atom is 0.407 e. The van der Waals surface area contributed by atoms with Crippen LogP contribution in [0.25, 0.3) is 0 Å². The number of alkyl carbamates (subject to hydrolysis) is 1. The summed E-state index contributed by atoms with van der Waals surface area (Å²) in [6.07, 6.45) is 3.86. The van der Waals surface area contributed by atoms with Gasteiger partial charge in [0.05, 0.1) is 30.6 Å². The smallest absolute Gasteiger partial charge is 0.407 e. The Morgan fingerprint density at radius 3 is 2.39 bits per heavy atom. The molecule has 2 aliphatic rings. The van der Waals surface area contributed by atoms with E-state index in [1.165, 1.54) is 0 Å². The van der Waals surface area contributed by atoms with Crippen molar-refractivity contribution in [2.45, 2.75) is 76.2 Å². The third-order valence-corrected chi connectivity index (χ3v) is 4.71. The van der Waals surface area contributed by atoms with Gasteiger partial charge in [0.15, 0.2) is 0 Å². The molecule has 1 saturated carbocycles. The SMILES string of the molecule is CC(C)(C)OC(=O)NC1COC2(CCC(OS(C)(=O)=O)CC2)C1. The van der Waals surface area contributed by atoms with Crippen LogP contribution in [-0.4, -0.2) is 50.7 Å². The van der Waals surface area contributed by atoms with Gasteiger partial charge in [0.2, 0.25) is 0 Å². The monoisotopic (exact) mass is 349 g/mol. The van der Waals surface area contributed by atoms with E-state index in [1.54, 1.807) is 0 Å². The van der Waals surface area contributed by atoms with Crippen molar-refractivity contribution in [3.8, 4) is 0 Å². The second kappa shape index (κ2) is 6.57. The summed E-state index contributed by atoms with van der Waals surface area (Å²) in [5.41, 5.74) is -0.806. The molecule has 2 fully saturated rings. The van der Waals surface area contributed by atoms with Gasteiger partial charge < -0.3 is 14.8 Å². The Bertz CT molecular complexity index is 531. The summed E-state index contributed by atoms with van der Waals surface area (Å²) < 4.78 is 38.6. The maximum absolute atomic E-state index is 11.8. The van der Waals surface area contributed by atoms with E-state index in [2.05, 4.69) is 5.32 Å². The number of nitrogens with one attached hydrogen (secondary N) is 1. The first-order valence-corrected chi connectivity index (χ1v) is 9.80. The average Bonchev–Trinajstić information content (AvgIpc) is 2.72. The zero-order valence-corrected chi connectivity index (χ0v) is 15.1. The van der Waals surface area contributed by atoms with Gasteiger partial charge in [-0.05, 0) is 52.9 Å². The first kappa shape index (κ1) is 18.5. The molecule has 7 nitrogen and oxygen atoms in total. The fraction of sp³-hybridized carbons (Fsp3) is 0.933. The molecule has 1 heterocycles. The molecule has 1 amide bonds. The second-order valence-electron chi connectivity index (χ2n) is 7.54. The summed E-state index contributed by atoms with van der Waals surface area (Å²) in [5.74, 6) is 0. The van der Waals surface area contributed by atoms with Crippen molar-refractivity contribution in [2.24, 2.45) is 0 Å². The Hall–Kier alpha value is -0.860. The van der Waals surface area contributed by atoms with Gasteiger partial charge in [-0.2, -0.15) is 8.42 Å². The standard InChI is InChI=1S/C15H27NO6S/c1-14(2,3)21-13(17)16-11-9-15(20-10-11)7-5-12(6-8-15)22-23(4,18)19/h11-12H,5-10H2,1-4H3,(H,16,17). The molecule has 0 aromatic carbocycles. The molecule has 8 heteroatoms. The highest BCUT2D eigenvalue weighted by atomic mass is 32.2. The lowest BCUT2D eigenvalue weighted by Crippen LogP contribution is -2.41. The van der Waals surface area contributed by atoms with Gasteiger partial charge in [0.1, 0.15) is 5.60 Å². The number of rotatable bonds is 3. The third kappa shape index (κ3) is 5.93. The van der Waals surface area contributed by atoms with E-state index in [4.69, 9.17) is 13.7 Å². The molecule has 2 rings (SSSR count). The van der Waals surface area contributed by atoms with Crippen molar-refractivity contribution in [1.82, 2.24) is 5.32 Å². The summed E-state index contributed by atoms with van der Waals surface area (Å²) in [6.45, 7) is 5.92. The molecule has 0 aromatic heterocycles. The minimum absolute atomic E-state index is 0.0720. The molecule has 1 atom stereocenters. The van der Waals surface area contributed by atoms with Crippen LogP contribution in [0.3, 0.4) is 0 Å². The van der Waals surface area contributed by atoms with E-state index in [0.29, 0.717) is 19.4 Å². The Balaban J connectivity index is 1.80. The van der Waals surface area contributed by atoms with Crippen molar-refractivity contribution in [1.29, 1.82) is 0 Å². The fourth-order valence-corrected chi connectivity index (χ4v) is 3.91. The number of amides is 1. The van der Waals surface area contributed by atoms with Crippen LogP contribution in [0.15, 0.2) is 0 Å². The lowest BCUT2D eigenvalue weighted by molar-refractivity contribution is -0.0456. The van der Waals surface area contributed by atoms with Gasteiger partial charge in [-0.3, -0.25) is 4.18 Å². The first-order valence-electron chi connectivity index (χ1n) is 7.98. The molecule has 1 aliphatic heterocycles. The summed E-state index contributed by atoms with van der Waals surface area (Å²) in [6, 6.07) is -0.0720. The van der Waals surface area contributed by atoms with Gasteiger partial charge in [0.25, 0.3) is 10.1 Å². The van der Waals surface area contributed by atoms with Crippen LogP contribution in [0.2, 0.25) is 0 Å². The quantitative estimate of drug-likeness (QED) is 0.783. The number of carbonyl (C=O) groups is 1. The highest BCUT2D eigenvalue weighted by Crippen LogP contribution is 2.40. The number of carbonyl (C=O) groups excluding carboxylic acids is 1. The van der Waals surface area contributed by atoms with Crippen LogP contribution in [0.5, 0.6) is 0 Å². The van der Waals surface area contributed by atoms with Crippen molar-refractivity contribution in [2.75, 3.05) is 12.9 Å². The van der Waals surface area contributed by atoms with Crippen LogP contribution in [0.4, 0.5) is 4.79 Å². The highest BCUT2D eigenvalue weighted by Gasteiger charge is 2.44. The maximum atomic E-state index is 11.8. The van der Waals surface area contributed by atoms with Crippen molar-refractivity contribution in [3.05, 3.63) is 0 Å². The van der Waals surface area contributed by atoms with Gasteiger partial charge in [0, 0.05) is 0 Å². The van der Waals surface area contributed by atoms with E-state index in [1.807, 2.05) is 20.8 Å². The van der Waals surface area contributed by atoms with E-state index in [-0.39, 0.29) is 17.7 Å². The largest absolute Gasteiger partial charge is 0.444 e. The first-order chi connectivity index (χ1) is 10.5. The molecule has 23 heavy (non-hydrogen) atoms. The summed E-state index contributed by atoms with van der Waals surface area (Å²) in [5, 5.41) is 2.84. The number of ether oxygens (including phenoxy) is 2. The number of hydrogen-bond acceptors (Lipinski definition) is 6. The minimum Gasteiger partial charge on any atom is -0.444 e. The Morgan fingerprint density at radius 2 is 1.87 bits per heavy atom. The van der Waals surface area contributed by atoms with E-state index < -0.39 is 21.8 Å². The molecule has 1 spiro atoms. The van der Waals surface area contributed by atoms with E-state index in [9.17, 15) is 13.2 Å². The average molecular weight is 349 g/mol. The minimum atomic E-state index is -3.42. The normalized spacial score (nSPS) is 32.0. The Kier molecular flexibility index (Phi) is 5.27. The molecule has 0 aromatic rings. The zero-order valence-electron chi connectivity index (χ0n) is 14.3. The van der Waals surface area contributed by atoms with Crippen LogP contribution >= 0.6 is 0 Å². The fourth-order valence-electron chi connectivity index (χ4n) is 3.22. The van der Waals surface area contributed by atoms with Gasteiger partial charge in [-0.15, -0.1) is 0 Å². The lowest BCUT2D eigenvalue weighted by Gasteiger charge is -2.35. The zero-order chi connectivity index (χ0) is 17.3. The summed E-state index contributed by atoms with van der Waals surface area (Å²) in [7, 11) is -3.42. The van der Waals surface area contributed by atoms with Crippen LogP contribution in [-0.2, 0) is 23.8 Å². The van der Waals surface area contributed by atoms with Gasteiger partial charge in [-0.1, -0.05) is 0 Å². The lowest BCUT2D eigenvalue weighted by atomic mass is 9.81. The van der Waals surface area contributed by atoms with Crippen molar-refractivity contribution >= 4 is 16.2 Å². The Morgan fingerprint density at radius 1 is 1.26 bits per heavy atom. The van der Waals surface area contributed by atoms with Crippen molar-refractivity contribution < 1.29 is 26.9 Å². The summed E-state index contributed by atoms with van der Waals surface area (Å²) in [4.78, 5) is 11.8. The molecule has 0 radical (unpaired) electrons. The topological polar surface area (TPSA) is 90.9 Å². The Labute approximate surface area is 138 Å². The van der Waals surface area contributed by atoms with Crippen LogP contribution < -0.4 is 5.32 Å². The molecular weight excluding hydrogens is 322 g/mol. The molecule has 0 bridgehead atoms. The van der Waals surface area contributed by atoms with Crippen LogP contribution in [0, 0.1) is 0 Å². The van der Waals surface area contributed by atoms with Crippen molar-refractivity contribution in [3.63, 3.8) is 0 Å². The number of hydrogen-bond donors (Lipinski definition) is 1. The van der Waals surface area contributed by atoms with E-state index in [0.717, 1.165) is 25.5 Å². The second-order valence-corrected chi connectivity index (χ2v) is 9.14. The van der Waals surface area contributed by atoms with Gasteiger partial charge >= 0.3 is 6.09 Å². The van der Waals surface area contributed by atoms with E-state index >= 15 is 0 Å². The van der Waals surface area contributed by atoms with Gasteiger partial charge in [-0.25, -0.2) is 4.79 Å². The molecular formula is C15H27NO6S. The highest BCUT2D eigenvalue weighted by molar-refractivity contribution is 7.86. The third-order valence-electron chi connectivity index (χ3n) is 4.08. The molecule has 1 unspecified atom stereocenters. The van der Waals surface area contributed by atoms with Crippen LogP contribution in [0.1, 0.15) is 52.9 Å². The predicted octanol–water partition coefficient (Wildman–Crippen LogP) is 1.96. The molecule has 1 saturated heterocycles. The molecule has 134 valence electrons. The molecule has 1 N–H and O–H groups in total.